The van der Waals surface area contributed by atoms with Crippen molar-refractivity contribution in [2.75, 3.05) is 0 Å². The zero-order valence-electron chi connectivity index (χ0n) is 6.79. The van der Waals surface area contributed by atoms with Crippen LogP contribution in [0.1, 0.15) is 18.4 Å². The Morgan fingerprint density at radius 3 is 2.50 bits per heavy atom. The summed E-state index contributed by atoms with van der Waals surface area (Å²) in [5.74, 6) is 0. The summed E-state index contributed by atoms with van der Waals surface area (Å²) in [7, 11) is 0. The monoisotopic (exact) mass is 177 g/mol. The highest BCUT2D eigenvalue weighted by Crippen LogP contribution is 2.19. The van der Waals surface area contributed by atoms with Crippen LogP contribution in [0.3, 0.4) is 0 Å². The topological polar surface area (TPSA) is 12.0 Å². The molecule has 62 valence electrons. The number of benzene rings is 1. The minimum absolute atomic E-state index is 0.651. The van der Waals surface area contributed by atoms with Gasteiger partial charge in [0.1, 0.15) is 4.99 Å². The summed E-state index contributed by atoms with van der Waals surface area (Å²) in [5, 5.41) is 3.30. The van der Waals surface area contributed by atoms with Gasteiger partial charge in [0, 0.05) is 11.6 Å². The number of rotatable bonds is 2. The molecule has 1 aliphatic rings. The van der Waals surface area contributed by atoms with E-state index in [4.69, 9.17) is 12.2 Å². The molecule has 1 aliphatic carbocycles. The van der Waals surface area contributed by atoms with Crippen LogP contribution in [-0.2, 0) is 0 Å². The molecule has 1 aromatic rings. The molecule has 12 heavy (non-hydrogen) atoms. The average Bonchev–Trinajstić information content (AvgIpc) is 2.90. The molecule has 0 spiro atoms. The van der Waals surface area contributed by atoms with E-state index in [1.54, 1.807) is 0 Å². The van der Waals surface area contributed by atoms with E-state index in [-0.39, 0.29) is 0 Å². The van der Waals surface area contributed by atoms with Gasteiger partial charge >= 0.3 is 0 Å². The third kappa shape index (κ3) is 1.83. The molecule has 2 rings (SSSR count). The molecule has 0 aromatic heterocycles. The summed E-state index contributed by atoms with van der Waals surface area (Å²) in [6, 6.07) is 10.8. The van der Waals surface area contributed by atoms with Crippen LogP contribution < -0.4 is 5.32 Å². The molecule has 2 heteroatoms. The standard InChI is InChI=1S/C10H11NS/c12-10(11-9-6-7-9)8-4-2-1-3-5-8/h1-5,9H,6-7H2,(H,11,12). The third-order valence-electron chi connectivity index (χ3n) is 1.95. The van der Waals surface area contributed by atoms with E-state index in [1.165, 1.54) is 12.8 Å². The number of thiocarbonyl (C=S) groups is 1. The van der Waals surface area contributed by atoms with E-state index in [0.717, 1.165) is 10.6 Å². The van der Waals surface area contributed by atoms with Crippen LogP contribution in [0.5, 0.6) is 0 Å². The van der Waals surface area contributed by atoms with Gasteiger partial charge in [0.25, 0.3) is 0 Å². The molecular formula is C10H11NS. The predicted molar refractivity (Wildman–Crippen MR) is 54.3 cm³/mol. The quantitative estimate of drug-likeness (QED) is 0.694. The molecule has 1 fully saturated rings. The van der Waals surface area contributed by atoms with Crippen LogP contribution >= 0.6 is 12.2 Å². The highest BCUT2D eigenvalue weighted by molar-refractivity contribution is 7.80. The first kappa shape index (κ1) is 7.74. The molecule has 1 aromatic carbocycles. The van der Waals surface area contributed by atoms with Crippen LogP contribution in [0.15, 0.2) is 30.3 Å². The van der Waals surface area contributed by atoms with Gasteiger partial charge in [-0.3, -0.25) is 0 Å². The second kappa shape index (κ2) is 3.23. The van der Waals surface area contributed by atoms with Gasteiger partial charge in [-0.15, -0.1) is 0 Å². The summed E-state index contributed by atoms with van der Waals surface area (Å²) in [6.45, 7) is 0. The number of hydrogen-bond donors (Lipinski definition) is 1. The first-order valence-electron chi connectivity index (χ1n) is 4.22. The maximum absolute atomic E-state index is 5.23. The Hall–Kier alpha value is -0.890. The summed E-state index contributed by atoms with van der Waals surface area (Å²) < 4.78 is 0. The molecule has 0 atom stereocenters. The van der Waals surface area contributed by atoms with Crippen molar-refractivity contribution in [3.8, 4) is 0 Å². The fourth-order valence-electron chi connectivity index (χ4n) is 1.09. The largest absolute Gasteiger partial charge is 0.373 e. The third-order valence-corrected chi connectivity index (χ3v) is 2.30. The van der Waals surface area contributed by atoms with Crippen LogP contribution in [0.4, 0.5) is 0 Å². The Morgan fingerprint density at radius 1 is 1.25 bits per heavy atom. The second-order valence-electron chi connectivity index (χ2n) is 3.11. The van der Waals surface area contributed by atoms with Crippen molar-refractivity contribution in [3.05, 3.63) is 35.9 Å². The lowest BCUT2D eigenvalue weighted by Crippen LogP contribution is -2.24. The number of nitrogens with one attached hydrogen (secondary N) is 1. The van der Waals surface area contributed by atoms with Crippen LogP contribution in [-0.4, -0.2) is 11.0 Å². The average molecular weight is 177 g/mol. The van der Waals surface area contributed by atoms with E-state index in [2.05, 4.69) is 5.32 Å². The molecule has 0 amide bonds. The molecule has 0 saturated heterocycles. The number of hydrogen-bond acceptors (Lipinski definition) is 1. The second-order valence-corrected chi connectivity index (χ2v) is 3.52. The van der Waals surface area contributed by atoms with E-state index in [0.29, 0.717) is 6.04 Å². The lowest BCUT2D eigenvalue weighted by molar-refractivity contribution is 0.922. The van der Waals surface area contributed by atoms with Crippen molar-refractivity contribution in [2.24, 2.45) is 0 Å². The zero-order valence-corrected chi connectivity index (χ0v) is 7.60. The minimum Gasteiger partial charge on any atom is -0.373 e. The van der Waals surface area contributed by atoms with Gasteiger partial charge in [0.05, 0.1) is 0 Å². The minimum atomic E-state index is 0.651. The van der Waals surface area contributed by atoms with E-state index >= 15 is 0 Å². The van der Waals surface area contributed by atoms with Gasteiger partial charge in [-0.2, -0.15) is 0 Å². The Kier molecular flexibility index (Phi) is 2.09. The van der Waals surface area contributed by atoms with Crippen molar-refractivity contribution < 1.29 is 0 Å². The first-order valence-corrected chi connectivity index (χ1v) is 4.63. The van der Waals surface area contributed by atoms with E-state index in [9.17, 15) is 0 Å². The molecule has 0 unspecified atom stereocenters. The Balaban J connectivity index is 2.03. The molecular weight excluding hydrogens is 166 g/mol. The molecule has 0 aliphatic heterocycles. The van der Waals surface area contributed by atoms with Crippen LogP contribution in [0, 0.1) is 0 Å². The molecule has 0 radical (unpaired) electrons. The Bertz CT molecular complexity index is 277. The summed E-state index contributed by atoms with van der Waals surface area (Å²) in [4.78, 5) is 0.887. The van der Waals surface area contributed by atoms with Crippen molar-refractivity contribution in [1.29, 1.82) is 0 Å². The smallest absolute Gasteiger partial charge is 0.106 e. The van der Waals surface area contributed by atoms with Crippen molar-refractivity contribution in [2.45, 2.75) is 18.9 Å². The summed E-state index contributed by atoms with van der Waals surface area (Å²) in [5.41, 5.74) is 1.12. The van der Waals surface area contributed by atoms with Crippen LogP contribution in [0.2, 0.25) is 0 Å². The molecule has 1 N–H and O–H groups in total. The van der Waals surface area contributed by atoms with Crippen molar-refractivity contribution in [1.82, 2.24) is 5.32 Å². The normalized spacial score (nSPS) is 15.7. The summed E-state index contributed by atoms with van der Waals surface area (Å²) >= 11 is 5.23. The SMILES string of the molecule is S=C(NC1CC1)c1ccccc1. The molecule has 0 bridgehead atoms. The van der Waals surface area contributed by atoms with Gasteiger partial charge < -0.3 is 5.32 Å². The van der Waals surface area contributed by atoms with Gasteiger partial charge in [0.15, 0.2) is 0 Å². The highest BCUT2D eigenvalue weighted by Gasteiger charge is 2.21. The lowest BCUT2D eigenvalue weighted by atomic mass is 10.2. The van der Waals surface area contributed by atoms with Gasteiger partial charge in [-0.05, 0) is 12.8 Å². The van der Waals surface area contributed by atoms with Gasteiger partial charge in [0.2, 0.25) is 0 Å². The Labute approximate surface area is 77.8 Å². The van der Waals surface area contributed by atoms with Crippen molar-refractivity contribution >= 4 is 17.2 Å². The molecule has 0 heterocycles. The zero-order chi connectivity index (χ0) is 8.39. The van der Waals surface area contributed by atoms with Crippen molar-refractivity contribution in [3.63, 3.8) is 0 Å². The van der Waals surface area contributed by atoms with Gasteiger partial charge in [-0.1, -0.05) is 42.5 Å². The lowest BCUT2D eigenvalue weighted by Gasteiger charge is -2.05. The van der Waals surface area contributed by atoms with E-state index in [1.807, 2.05) is 30.3 Å². The van der Waals surface area contributed by atoms with Gasteiger partial charge in [-0.25, -0.2) is 0 Å². The predicted octanol–water partition coefficient (Wildman–Crippen LogP) is 2.11. The highest BCUT2D eigenvalue weighted by atomic mass is 32.1. The molecule has 1 nitrogen and oxygen atoms in total. The first-order chi connectivity index (χ1) is 5.86. The van der Waals surface area contributed by atoms with E-state index < -0.39 is 0 Å². The molecule has 1 saturated carbocycles. The Morgan fingerprint density at radius 2 is 1.92 bits per heavy atom. The maximum Gasteiger partial charge on any atom is 0.106 e. The van der Waals surface area contributed by atoms with Crippen LogP contribution in [0.25, 0.3) is 0 Å². The maximum atomic E-state index is 5.23. The fourth-order valence-corrected chi connectivity index (χ4v) is 1.39. The fraction of sp³-hybridized carbons (Fsp3) is 0.300. The summed E-state index contributed by atoms with van der Waals surface area (Å²) in [6.07, 6.45) is 2.54.